The molecule has 158 valence electrons. The standard InChI is InChI=1S/C24H24N4O3/c1-16-13-18(17(2)28(16)14-19-7-6-12-31-19)10-11-23(29)27(3)15-22-25-21-9-5-4-8-20(21)24(30)26-22/h4-13H,14-15H2,1-3H3,(H,25,26,30). The van der Waals surface area contributed by atoms with E-state index in [1.54, 1.807) is 31.5 Å². The number of amides is 1. The number of carbonyl (C=O) groups is 1. The third-order valence-electron chi connectivity index (χ3n) is 5.34. The Bertz CT molecular complexity index is 1310. The molecule has 0 radical (unpaired) electrons. The minimum atomic E-state index is -0.207. The summed E-state index contributed by atoms with van der Waals surface area (Å²) in [6, 6.07) is 13.0. The van der Waals surface area contributed by atoms with Crippen molar-refractivity contribution in [3.8, 4) is 0 Å². The van der Waals surface area contributed by atoms with Crippen LogP contribution in [0.2, 0.25) is 0 Å². The lowest BCUT2D eigenvalue weighted by Crippen LogP contribution is -2.26. The predicted octanol–water partition coefficient (Wildman–Crippen LogP) is 3.65. The van der Waals surface area contributed by atoms with Crippen LogP contribution in [0.3, 0.4) is 0 Å². The second-order valence-electron chi connectivity index (χ2n) is 7.55. The third kappa shape index (κ3) is 4.35. The van der Waals surface area contributed by atoms with E-state index in [2.05, 4.69) is 14.5 Å². The van der Waals surface area contributed by atoms with Gasteiger partial charge < -0.3 is 18.9 Å². The maximum absolute atomic E-state index is 12.6. The molecule has 0 saturated carbocycles. The molecule has 4 rings (SSSR count). The molecule has 0 fully saturated rings. The van der Waals surface area contributed by atoms with Gasteiger partial charge >= 0.3 is 0 Å². The summed E-state index contributed by atoms with van der Waals surface area (Å²) in [7, 11) is 1.68. The molecule has 0 unspecified atom stereocenters. The Morgan fingerprint density at radius 1 is 1.23 bits per heavy atom. The van der Waals surface area contributed by atoms with E-state index in [0.29, 0.717) is 23.3 Å². The minimum absolute atomic E-state index is 0.174. The van der Waals surface area contributed by atoms with Gasteiger partial charge in [0.2, 0.25) is 5.91 Å². The molecule has 0 bridgehead atoms. The SMILES string of the molecule is Cc1cc(C=CC(=O)N(C)Cc2nc3ccccc3c(=O)[nH]2)c(C)n1Cc1ccco1. The Balaban J connectivity index is 1.47. The molecule has 31 heavy (non-hydrogen) atoms. The Hall–Kier alpha value is -3.87. The molecular formula is C24H24N4O3. The van der Waals surface area contributed by atoms with Gasteiger partial charge in [-0.05, 0) is 55.8 Å². The molecule has 0 aliphatic heterocycles. The highest BCUT2D eigenvalue weighted by Gasteiger charge is 2.12. The number of benzene rings is 1. The van der Waals surface area contributed by atoms with Crippen molar-refractivity contribution >= 4 is 22.9 Å². The van der Waals surface area contributed by atoms with Gasteiger partial charge in [0.25, 0.3) is 5.56 Å². The van der Waals surface area contributed by atoms with Crippen molar-refractivity contribution in [1.29, 1.82) is 0 Å². The predicted molar refractivity (Wildman–Crippen MR) is 120 cm³/mol. The number of H-pyrrole nitrogens is 1. The highest BCUT2D eigenvalue weighted by molar-refractivity contribution is 5.91. The fourth-order valence-electron chi connectivity index (χ4n) is 3.60. The lowest BCUT2D eigenvalue weighted by atomic mass is 10.2. The van der Waals surface area contributed by atoms with Crippen LogP contribution in [0.4, 0.5) is 0 Å². The number of hydrogen-bond donors (Lipinski definition) is 1. The smallest absolute Gasteiger partial charge is 0.258 e. The highest BCUT2D eigenvalue weighted by atomic mass is 16.3. The van der Waals surface area contributed by atoms with E-state index in [1.807, 2.05) is 44.2 Å². The van der Waals surface area contributed by atoms with Gasteiger partial charge in [-0.15, -0.1) is 0 Å². The Kier molecular flexibility index (Phi) is 5.58. The maximum atomic E-state index is 12.6. The number of nitrogens with zero attached hydrogens (tertiary/aromatic N) is 3. The fourth-order valence-corrected chi connectivity index (χ4v) is 3.60. The summed E-state index contributed by atoms with van der Waals surface area (Å²) in [6.45, 7) is 4.91. The van der Waals surface area contributed by atoms with E-state index in [0.717, 1.165) is 22.7 Å². The molecule has 0 aliphatic rings. The number of nitrogens with one attached hydrogen (secondary N) is 1. The van der Waals surface area contributed by atoms with Crippen LogP contribution in [0.15, 0.2) is 64.0 Å². The summed E-state index contributed by atoms with van der Waals surface area (Å²) in [4.78, 5) is 33.6. The quantitative estimate of drug-likeness (QED) is 0.486. The van der Waals surface area contributed by atoms with Crippen molar-refractivity contribution in [1.82, 2.24) is 19.4 Å². The molecule has 0 aliphatic carbocycles. The van der Waals surface area contributed by atoms with E-state index in [4.69, 9.17) is 4.42 Å². The summed E-state index contributed by atoms with van der Waals surface area (Å²) in [5.41, 5.74) is 3.53. The first-order valence-corrected chi connectivity index (χ1v) is 10.0. The van der Waals surface area contributed by atoms with Gasteiger partial charge in [0.15, 0.2) is 0 Å². The number of carbonyl (C=O) groups excluding carboxylic acids is 1. The average molecular weight is 416 g/mol. The normalized spacial score (nSPS) is 11.5. The summed E-state index contributed by atoms with van der Waals surface area (Å²) < 4.78 is 7.60. The number of fused-ring (bicyclic) bond motifs is 1. The van der Waals surface area contributed by atoms with Gasteiger partial charge in [-0.1, -0.05) is 12.1 Å². The largest absolute Gasteiger partial charge is 0.467 e. The summed E-state index contributed by atoms with van der Waals surface area (Å²) in [5.74, 6) is 1.15. The Labute approximate surface area is 179 Å². The molecule has 0 saturated heterocycles. The molecule has 7 heteroatoms. The molecule has 7 nitrogen and oxygen atoms in total. The molecule has 1 amide bonds. The van der Waals surface area contributed by atoms with Gasteiger partial charge in [-0.2, -0.15) is 0 Å². The van der Waals surface area contributed by atoms with Gasteiger partial charge in [-0.3, -0.25) is 9.59 Å². The zero-order chi connectivity index (χ0) is 22.0. The first-order valence-electron chi connectivity index (χ1n) is 10.0. The van der Waals surface area contributed by atoms with Crippen LogP contribution in [0.5, 0.6) is 0 Å². The molecular weight excluding hydrogens is 392 g/mol. The number of rotatable bonds is 6. The maximum Gasteiger partial charge on any atom is 0.258 e. The lowest BCUT2D eigenvalue weighted by Gasteiger charge is -2.14. The zero-order valence-corrected chi connectivity index (χ0v) is 17.8. The number of aromatic nitrogens is 3. The van der Waals surface area contributed by atoms with Crippen LogP contribution in [0.1, 0.15) is 28.5 Å². The van der Waals surface area contributed by atoms with E-state index >= 15 is 0 Å². The van der Waals surface area contributed by atoms with Crippen LogP contribution in [-0.2, 0) is 17.9 Å². The van der Waals surface area contributed by atoms with Crippen LogP contribution >= 0.6 is 0 Å². The van der Waals surface area contributed by atoms with Crippen LogP contribution < -0.4 is 5.56 Å². The van der Waals surface area contributed by atoms with Crippen molar-refractivity contribution < 1.29 is 9.21 Å². The summed E-state index contributed by atoms with van der Waals surface area (Å²) >= 11 is 0. The second-order valence-corrected chi connectivity index (χ2v) is 7.55. The Morgan fingerprint density at radius 3 is 2.81 bits per heavy atom. The number of furan rings is 1. The van der Waals surface area contributed by atoms with Crippen molar-refractivity contribution in [3.05, 3.63) is 93.7 Å². The van der Waals surface area contributed by atoms with Crippen LogP contribution in [-0.4, -0.2) is 32.4 Å². The second kappa shape index (κ2) is 8.47. The fraction of sp³-hybridized carbons (Fsp3) is 0.208. The van der Waals surface area contributed by atoms with Gasteiger partial charge in [0, 0.05) is 24.5 Å². The molecule has 0 atom stereocenters. The molecule has 3 aromatic heterocycles. The van der Waals surface area contributed by atoms with Crippen molar-refractivity contribution in [2.45, 2.75) is 26.9 Å². The first kappa shape index (κ1) is 20.4. The topological polar surface area (TPSA) is 84.1 Å². The molecule has 0 spiro atoms. The van der Waals surface area contributed by atoms with Crippen molar-refractivity contribution in [3.63, 3.8) is 0 Å². The zero-order valence-electron chi connectivity index (χ0n) is 17.8. The van der Waals surface area contributed by atoms with E-state index in [-0.39, 0.29) is 18.0 Å². The third-order valence-corrected chi connectivity index (χ3v) is 5.34. The highest BCUT2D eigenvalue weighted by Crippen LogP contribution is 2.19. The molecule has 4 aromatic rings. The average Bonchev–Trinajstić information content (AvgIpc) is 3.36. The number of aryl methyl sites for hydroxylation is 1. The summed E-state index contributed by atoms with van der Waals surface area (Å²) in [6.07, 6.45) is 5.02. The van der Waals surface area contributed by atoms with Crippen LogP contribution in [0, 0.1) is 13.8 Å². The summed E-state index contributed by atoms with van der Waals surface area (Å²) in [5, 5.41) is 0.532. The van der Waals surface area contributed by atoms with Crippen molar-refractivity contribution in [2.24, 2.45) is 0 Å². The monoisotopic (exact) mass is 416 g/mol. The van der Waals surface area contributed by atoms with Gasteiger partial charge in [0.05, 0.1) is 30.3 Å². The molecule has 1 aromatic carbocycles. The Morgan fingerprint density at radius 2 is 2.03 bits per heavy atom. The number of hydrogen-bond acceptors (Lipinski definition) is 4. The molecule has 1 N–H and O–H groups in total. The number of aromatic amines is 1. The number of para-hydroxylation sites is 1. The van der Waals surface area contributed by atoms with Gasteiger partial charge in [-0.25, -0.2) is 4.98 Å². The number of likely N-dealkylation sites (N-methyl/N-ethyl adjacent to an activating group) is 1. The van der Waals surface area contributed by atoms with E-state index < -0.39 is 0 Å². The molecule has 3 heterocycles. The van der Waals surface area contributed by atoms with E-state index in [1.165, 1.54) is 11.0 Å². The first-order chi connectivity index (χ1) is 14.9. The van der Waals surface area contributed by atoms with Crippen LogP contribution in [0.25, 0.3) is 17.0 Å². The lowest BCUT2D eigenvalue weighted by molar-refractivity contribution is -0.125. The van der Waals surface area contributed by atoms with Crippen molar-refractivity contribution in [2.75, 3.05) is 7.05 Å². The minimum Gasteiger partial charge on any atom is -0.467 e. The van der Waals surface area contributed by atoms with Gasteiger partial charge in [0.1, 0.15) is 11.6 Å². The van der Waals surface area contributed by atoms with E-state index in [9.17, 15) is 9.59 Å².